The minimum Gasteiger partial charge on any atom is -0.442 e. The number of cyclic esters (lactones) is 1. The van der Waals surface area contributed by atoms with E-state index in [1.54, 1.807) is 23.1 Å². The molecule has 0 bridgehead atoms. The van der Waals surface area contributed by atoms with Crippen LogP contribution in [0.5, 0.6) is 0 Å². The largest absolute Gasteiger partial charge is 0.442 e. The Morgan fingerprint density at radius 2 is 1.79 bits per heavy atom. The number of carbonyl (C=O) groups excluding carboxylic acids is 1. The summed E-state index contributed by atoms with van der Waals surface area (Å²) in [6, 6.07) is 7.71. The SMILES string of the molecule is CCS(=O)(=O)N1CCN(c2ccc(N3C[C@H](CNC(C)=S)OC3=O)cc2)CC1. The highest BCUT2D eigenvalue weighted by molar-refractivity contribution is 7.89. The molecule has 0 radical (unpaired) electrons. The van der Waals surface area contributed by atoms with Gasteiger partial charge in [0.25, 0.3) is 0 Å². The van der Waals surface area contributed by atoms with Crippen LogP contribution in [0.15, 0.2) is 24.3 Å². The van der Waals surface area contributed by atoms with Crippen molar-refractivity contribution in [2.45, 2.75) is 20.0 Å². The predicted octanol–water partition coefficient (Wildman–Crippen LogP) is 1.42. The molecule has 0 spiro atoms. The smallest absolute Gasteiger partial charge is 0.414 e. The number of carbonyl (C=O) groups is 1. The van der Waals surface area contributed by atoms with Crippen LogP contribution in [0.25, 0.3) is 0 Å². The molecule has 10 heteroatoms. The fourth-order valence-corrected chi connectivity index (χ4v) is 4.51. The Labute approximate surface area is 171 Å². The lowest BCUT2D eigenvalue weighted by Crippen LogP contribution is -2.49. The van der Waals surface area contributed by atoms with Gasteiger partial charge in [0.1, 0.15) is 6.10 Å². The average molecular weight is 427 g/mol. The zero-order valence-corrected chi connectivity index (χ0v) is 17.8. The van der Waals surface area contributed by atoms with Gasteiger partial charge in [-0.15, -0.1) is 0 Å². The van der Waals surface area contributed by atoms with E-state index in [0.29, 0.717) is 44.3 Å². The summed E-state index contributed by atoms with van der Waals surface area (Å²) >= 11 is 4.99. The molecule has 0 unspecified atom stereocenters. The number of anilines is 2. The van der Waals surface area contributed by atoms with Gasteiger partial charge in [0.2, 0.25) is 10.0 Å². The number of rotatable bonds is 6. The summed E-state index contributed by atoms with van der Waals surface area (Å²) in [5.41, 5.74) is 1.79. The van der Waals surface area contributed by atoms with Crippen molar-refractivity contribution in [1.82, 2.24) is 9.62 Å². The van der Waals surface area contributed by atoms with Gasteiger partial charge in [0.15, 0.2) is 0 Å². The Bertz CT molecular complexity index is 820. The van der Waals surface area contributed by atoms with Crippen molar-refractivity contribution >= 4 is 44.7 Å². The normalized spacial score (nSPS) is 20.9. The molecule has 1 aromatic carbocycles. The second-order valence-corrected chi connectivity index (χ2v) is 9.73. The third-order valence-corrected chi connectivity index (χ3v) is 7.00. The van der Waals surface area contributed by atoms with E-state index in [0.717, 1.165) is 11.4 Å². The number of amides is 1. The van der Waals surface area contributed by atoms with E-state index in [1.807, 2.05) is 24.3 Å². The Morgan fingerprint density at radius 3 is 2.36 bits per heavy atom. The van der Waals surface area contributed by atoms with Crippen LogP contribution in [-0.4, -0.2) is 74.9 Å². The molecule has 0 aliphatic carbocycles. The van der Waals surface area contributed by atoms with E-state index < -0.39 is 10.0 Å². The highest BCUT2D eigenvalue weighted by Crippen LogP contribution is 2.25. The molecule has 0 saturated carbocycles. The fourth-order valence-electron chi connectivity index (χ4n) is 3.35. The van der Waals surface area contributed by atoms with Crippen LogP contribution in [0.4, 0.5) is 16.2 Å². The van der Waals surface area contributed by atoms with Gasteiger partial charge in [-0.2, -0.15) is 4.31 Å². The minimum atomic E-state index is -3.13. The van der Waals surface area contributed by atoms with Gasteiger partial charge >= 0.3 is 6.09 Å². The quantitative estimate of drug-likeness (QED) is 0.689. The van der Waals surface area contributed by atoms with Crippen LogP contribution in [0, 0.1) is 0 Å². The highest BCUT2D eigenvalue weighted by atomic mass is 32.2. The molecule has 3 rings (SSSR count). The zero-order valence-electron chi connectivity index (χ0n) is 16.1. The Kier molecular flexibility index (Phi) is 6.41. The Hall–Kier alpha value is -1.91. The maximum atomic E-state index is 12.1. The van der Waals surface area contributed by atoms with E-state index in [4.69, 9.17) is 17.0 Å². The highest BCUT2D eigenvalue weighted by Gasteiger charge is 2.32. The van der Waals surface area contributed by atoms with Gasteiger partial charge in [-0.25, -0.2) is 13.2 Å². The molecule has 8 nitrogen and oxygen atoms in total. The number of piperazine rings is 1. The first-order chi connectivity index (χ1) is 13.3. The van der Waals surface area contributed by atoms with Crippen molar-refractivity contribution in [3.05, 3.63) is 24.3 Å². The van der Waals surface area contributed by atoms with Gasteiger partial charge in [-0.3, -0.25) is 4.90 Å². The van der Waals surface area contributed by atoms with Crippen molar-refractivity contribution in [3.8, 4) is 0 Å². The first kappa shape index (κ1) is 20.8. The number of ether oxygens (including phenoxy) is 1. The molecule has 2 saturated heterocycles. The first-order valence-electron chi connectivity index (χ1n) is 9.35. The summed E-state index contributed by atoms with van der Waals surface area (Å²) < 4.78 is 30.9. The molecule has 1 atom stereocenters. The summed E-state index contributed by atoms with van der Waals surface area (Å²) in [6.45, 7) is 6.71. The molecule has 1 aromatic rings. The van der Waals surface area contributed by atoms with Crippen LogP contribution < -0.4 is 15.1 Å². The average Bonchev–Trinajstić information content (AvgIpc) is 3.07. The summed E-state index contributed by atoms with van der Waals surface area (Å²) in [4.78, 5) is 16.6. The number of hydrogen-bond acceptors (Lipinski definition) is 6. The van der Waals surface area contributed by atoms with E-state index >= 15 is 0 Å². The minimum absolute atomic E-state index is 0.133. The van der Waals surface area contributed by atoms with E-state index in [2.05, 4.69) is 10.2 Å². The van der Waals surface area contributed by atoms with Crippen LogP contribution >= 0.6 is 12.2 Å². The second kappa shape index (κ2) is 8.62. The lowest BCUT2D eigenvalue weighted by atomic mass is 10.2. The van der Waals surface area contributed by atoms with Crippen molar-refractivity contribution in [2.75, 3.05) is 54.8 Å². The first-order valence-corrected chi connectivity index (χ1v) is 11.4. The predicted molar refractivity (Wildman–Crippen MR) is 114 cm³/mol. The van der Waals surface area contributed by atoms with Crippen molar-refractivity contribution in [2.24, 2.45) is 0 Å². The lowest BCUT2D eigenvalue weighted by Gasteiger charge is -2.35. The molecule has 2 aliphatic rings. The molecule has 0 aromatic heterocycles. The van der Waals surface area contributed by atoms with Crippen LogP contribution in [0.1, 0.15) is 13.8 Å². The standard InChI is InChI=1S/C18H26N4O4S2/c1-3-28(24,25)21-10-8-20(9-11-21)15-4-6-16(7-5-15)22-13-17(26-18(22)23)12-19-14(2)27/h4-7,17H,3,8-13H2,1-2H3,(H,19,27)/t17-/m0/s1. The van der Waals surface area contributed by atoms with Gasteiger partial charge in [0, 0.05) is 37.6 Å². The maximum absolute atomic E-state index is 12.1. The zero-order chi connectivity index (χ0) is 20.3. The number of thiocarbonyl (C=S) groups is 1. The molecule has 1 N–H and O–H groups in total. The van der Waals surface area contributed by atoms with Crippen LogP contribution in [0.2, 0.25) is 0 Å². The van der Waals surface area contributed by atoms with Crippen molar-refractivity contribution < 1.29 is 17.9 Å². The summed E-state index contributed by atoms with van der Waals surface area (Å²) in [7, 11) is -3.13. The summed E-state index contributed by atoms with van der Waals surface area (Å²) in [5, 5.41) is 3.02. The van der Waals surface area contributed by atoms with Gasteiger partial charge in [-0.05, 0) is 38.1 Å². The van der Waals surface area contributed by atoms with E-state index in [-0.39, 0.29) is 18.0 Å². The lowest BCUT2D eigenvalue weighted by molar-refractivity contribution is 0.143. The summed E-state index contributed by atoms with van der Waals surface area (Å²) in [5.74, 6) is 0.133. The Balaban J connectivity index is 1.59. The van der Waals surface area contributed by atoms with Gasteiger partial charge in [0.05, 0.1) is 23.8 Å². The number of sulfonamides is 1. The molecule has 28 heavy (non-hydrogen) atoms. The van der Waals surface area contributed by atoms with Crippen molar-refractivity contribution in [1.29, 1.82) is 0 Å². The van der Waals surface area contributed by atoms with Crippen LogP contribution in [-0.2, 0) is 14.8 Å². The van der Waals surface area contributed by atoms with E-state index in [1.165, 1.54) is 0 Å². The Morgan fingerprint density at radius 1 is 1.18 bits per heavy atom. The number of benzene rings is 1. The van der Waals surface area contributed by atoms with Gasteiger partial charge < -0.3 is 15.0 Å². The topological polar surface area (TPSA) is 82.2 Å². The number of nitrogens with one attached hydrogen (secondary N) is 1. The molecular weight excluding hydrogens is 400 g/mol. The third kappa shape index (κ3) is 4.73. The van der Waals surface area contributed by atoms with Crippen molar-refractivity contribution in [3.63, 3.8) is 0 Å². The molecule has 2 aliphatic heterocycles. The van der Waals surface area contributed by atoms with Crippen LogP contribution in [0.3, 0.4) is 0 Å². The maximum Gasteiger partial charge on any atom is 0.414 e. The second-order valence-electron chi connectivity index (χ2n) is 6.86. The molecule has 1 amide bonds. The fraction of sp³-hybridized carbons (Fsp3) is 0.556. The monoisotopic (exact) mass is 426 g/mol. The number of hydrogen-bond donors (Lipinski definition) is 1. The number of nitrogens with zero attached hydrogens (tertiary/aromatic N) is 3. The van der Waals surface area contributed by atoms with Gasteiger partial charge in [-0.1, -0.05) is 12.2 Å². The summed E-state index contributed by atoms with van der Waals surface area (Å²) in [6.07, 6.45) is -0.598. The van der Waals surface area contributed by atoms with E-state index in [9.17, 15) is 13.2 Å². The molecule has 2 fully saturated rings. The molecular formula is C18H26N4O4S2. The third-order valence-electron chi connectivity index (χ3n) is 4.98. The molecule has 154 valence electrons. The molecule has 2 heterocycles.